The minimum Gasteiger partial charge on any atom is -0.488 e. The Kier molecular flexibility index (Phi) is 4.10. The highest BCUT2D eigenvalue weighted by molar-refractivity contribution is 9.09. The maximum atomic E-state index is 5.97. The summed E-state index contributed by atoms with van der Waals surface area (Å²) < 4.78 is 11.6. The van der Waals surface area contributed by atoms with Crippen molar-refractivity contribution < 1.29 is 9.47 Å². The van der Waals surface area contributed by atoms with Crippen LogP contribution in [0.4, 0.5) is 0 Å². The Balaban J connectivity index is 1.99. The van der Waals surface area contributed by atoms with Crippen molar-refractivity contribution in [2.75, 3.05) is 6.61 Å². The molecule has 0 aromatic heterocycles. The molecule has 3 atom stereocenters. The number of ether oxygens (including phenoxy) is 2. The first kappa shape index (κ1) is 12.9. The van der Waals surface area contributed by atoms with Gasteiger partial charge in [-0.2, -0.15) is 0 Å². The highest BCUT2D eigenvalue weighted by atomic mass is 79.9. The van der Waals surface area contributed by atoms with Crippen LogP contribution >= 0.6 is 15.9 Å². The lowest BCUT2D eigenvalue weighted by atomic mass is 9.91. The summed E-state index contributed by atoms with van der Waals surface area (Å²) in [5.74, 6) is 0.946. The average molecular weight is 299 g/mol. The Bertz CT molecular complexity index is 392. The van der Waals surface area contributed by atoms with Crippen LogP contribution in [0.25, 0.3) is 0 Å². The largest absolute Gasteiger partial charge is 0.488 e. The smallest absolute Gasteiger partial charge is 0.127 e. The minimum absolute atomic E-state index is 0.182. The molecule has 1 aromatic carbocycles. The van der Waals surface area contributed by atoms with Crippen molar-refractivity contribution >= 4 is 15.9 Å². The molecule has 1 aromatic rings. The Morgan fingerprint density at radius 2 is 2.06 bits per heavy atom. The van der Waals surface area contributed by atoms with E-state index in [4.69, 9.17) is 9.47 Å². The third-order valence-corrected chi connectivity index (χ3v) is 4.20. The Morgan fingerprint density at radius 3 is 2.65 bits per heavy atom. The van der Waals surface area contributed by atoms with Crippen LogP contribution in [0, 0.1) is 13.8 Å². The fourth-order valence-corrected chi connectivity index (χ4v) is 2.87. The van der Waals surface area contributed by atoms with Gasteiger partial charge in [-0.15, -0.1) is 0 Å². The van der Waals surface area contributed by atoms with Crippen molar-refractivity contribution in [2.24, 2.45) is 0 Å². The van der Waals surface area contributed by atoms with Crippen molar-refractivity contribution in [1.29, 1.82) is 0 Å². The molecule has 0 radical (unpaired) electrons. The molecule has 94 valence electrons. The van der Waals surface area contributed by atoms with Crippen LogP contribution in [0.1, 0.15) is 24.5 Å². The fraction of sp³-hybridized carbons (Fsp3) is 0.571. The van der Waals surface area contributed by atoms with Crippen LogP contribution < -0.4 is 4.74 Å². The molecule has 3 heteroatoms. The van der Waals surface area contributed by atoms with E-state index < -0.39 is 0 Å². The van der Waals surface area contributed by atoms with E-state index in [2.05, 4.69) is 41.9 Å². The zero-order chi connectivity index (χ0) is 12.4. The van der Waals surface area contributed by atoms with Crippen molar-refractivity contribution in [2.45, 2.75) is 44.2 Å². The van der Waals surface area contributed by atoms with Crippen molar-refractivity contribution in [1.82, 2.24) is 0 Å². The van der Waals surface area contributed by atoms with E-state index >= 15 is 0 Å². The van der Waals surface area contributed by atoms with Crippen molar-refractivity contribution in [3.05, 3.63) is 29.3 Å². The molecule has 1 fully saturated rings. The summed E-state index contributed by atoms with van der Waals surface area (Å²) in [6, 6.07) is 6.23. The molecule has 0 bridgehead atoms. The molecular formula is C14H19BrO2. The number of benzene rings is 1. The van der Waals surface area contributed by atoms with Crippen molar-refractivity contribution in [3.8, 4) is 5.75 Å². The Morgan fingerprint density at radius 1 is 1.29 bits per heavy atom. The monoisotopic (exact) mass is 298 g/mol. The number of halogens is 1. The second-order valence-corrected chi connectivity index (χ2v) is 5.75. The topological polar surface area (TPSA) is 18.5 Å². The van der Waals surface area contributed by atoms with Gasteiger partial charge >= 0.3 is 0 Å². The predicted molar refractivity (Wildman–Crippen MR) is 73.1 cm³/mol. The van der Waals surface area contributed by atoms with E-state index in [0.717, 1.165) is 18.8 Å². The third-order valence-electron chi connectivity index (χ3n) is 3.31. The number of hydrogen-bond donors (Lipinski definition) is 0. The standard InChI is InChI=1S/C14H19BrO2/c1-4-16-14-12(15)8-13(14)17-11-6-5-9(2)10(3)7-11/h5-7,12-14H,4,8H2,1-3H3. The van der Waals surface area contributed by atoms with E-state index in [1.54, 1.807) is 0 Å². The Hall–Kier alpha value is -0.540. The second-order valence-electron chi connectivity index (χ2n) is 4.57. The first-order valence-corrected chi connectivity index (χ1v) is 7.03. The highest BCUT2D eigenvalue weighted by Gasteiger charge is 2.42. The van der Waals surface area contributed by atoms with Crippen LogP contribution in [0.5, 0.6) is 5.75 Å². The first-order valence-electron chi connectivity index (χ1n) is 6.11. The zero-order valence-electron chi connectivity index (χ0n) is 10.6. The molecule has 1 saturated carbocycles. The van der Waals surface area contributed by atoms with Crippen LogP contribution in [0.3, 0.4) is 0 Å². The summed E-state index contributed by atoms with van der Waals surface area (Å²) in [5.41, 5.74) is 2.57. The summed E-state index contributed by atoms with van der Waals surface area (Å²) >= 11 is 3.60. The molecule has 0 spiro atoms. The van der Waals surface area contributed by atoms with Gasteiger partial charge in [0, 0.05) is 17.9 Å². The fourth-order valence-electron chi connectivity index (χ4n) is 2.01. The molecular weight excluding hydrogens is 280 g/mol. The maximum Gasteiger partial charge on any atom is 0.127 e. The van der Waals surface area contributed by atoms with Gasteiger partial charge in [0.05, 0.1) is 0 Å². The van der Waals surface area contributed by atoms with Crippen LogP contribution in [-0.2, 0) is 4.74 Å². The predicted octanol–water partition coefficient (Wildman–Crippen LogP) is 3.62. The van der Waals surface area contributed by atoms with E-state index in [9.17, 15) is 0 Å². The zero-order valence-corrected chi connectivity index (χ0v) is 12.2. The quantitative estimate of drug-likeness (QED) is 0.791. The maximum absolute atomic E-state index is 5.97. The van der Waals surface area contributed by atoms with Crippen molar-refractivity contribution in [3.63, 3.8) is 0 Å². The van der Waals surface area contributed by atoms with E-state index in [1.165, 1.54) is 11.1 Å². The molecule has 1 aliphatic rings. The number of hydrogen-bond acceptors (Lipinski definition) is 2. The van der Waals surface area contributed by atoms with Crippen LogP contribution in [0.15, 0.2) is 18.2 Å². The lowest BCUT2D eigenvalue weighted by molar-refractivity contribution is -0.0723. The van der Waals surface area contributed by atoms with Crippen LogP contribution in [-0.4, -0.2) is 23.6 Å². The Labute approximate surface area is 111 Å². The van der Waals surface area contributed by atoms with Gasteiger partial charge in [0.2, 0.25) is 0 Å². The van der Waals surface area contributed by atoms with E-state index in [1.807, 2.05) is 13.0 Å². The normalized spacial score (nSPS) is 27.6. The van der Waals surface area contributed by atoms with Gasteiger partial charge in [-0.1, -0.05) is 22.0 Å². The SMILES string of the molecule is CCOC1C(Br)CC1Oc1ccc(C)c(C)c1. The molecule has 0 aliphatic heterocycles. The van der Waals surface area contributed by atoms with E-state index in [0.29, 0.717) is 4.83 Å². The summed E-state index contributed by atoms with van der Waals surface area (Å²) in [6.07, 6.45) is 1.38. The number of alkyl halides is 1. The number of rotatable bonds is 4. The highest BCUT2D eigenvalue weighted by Crippen LogP contribution is 2.34. The van der Waals surface area contributed by atoms with Gasteiger partial charge in [0.25, 0.3) is 0 Å². The molecule has 0 saturated heterocycles. The van der Waals surface area contributed by atoms with Gasteiger partial charge in [-0.25, -0.2) is 0 Å². The average Bonchev–Trinajstić information content (AvgIpc) is 2.30. The summed E-state index contributed by atoms with van der Waals surface area (Å²) in [7, 11) is 0. The molecule has 0 N–H and O–H groups in total. The molecule has 2 rings (SSSR count). The molecule has 0 amide bonds. The van der Waals surface area contributed by atoms with Gasteiger partial charge in [0.15, 0.2) is 0 Å². The lowest BCUT2D eigenvalue weighted by Gasteiger charge is -2.40. The molecule has 2 nitrogen and oxygen atoms in total. The lowest BCUT2D eigenvalue weighted by Crippen LogP contribution is -2.52. The second kappa shape index (κ2) is 5.40. The molecule has 17 heavy (non-hydrogen) atoms. The van der Waals surface area contributed by atoms with Gasteiger partial charge in [0.1, 0.15) is 18.0 Å². The summed E-state index contributed by atoms with van der Waals surface area (Å²) in [6.45, 7) is 6.97. The molecule has 1 aliphatic carbocycles. The van der Waals surface area contributed by atoms with Gasteiger partial charge in [-0.05, 0) is 44.0 Å². The molecule has 3 unspecified atom stereocenters. The molecule has 0 heterocycles. The first-order chi connectivity index (χ1) is 8.11. The number of aryl methyl sites for hydroxylation is 2. The third kappa shape index (κ3) is 2.83. The van der Waals surface area contributed by atoms with E-state index in [-0.39, 0.29) is 12.2 Å². The van der Waals surface area contributed by atoms with Gasteiger partial charge in [-0.3, -0.25) is 0 Å². The van der Waals surface area contributed by atoms with Crippen LogP contribution in [0.2, 0.25) is 0 Å². The minimum atomic E-state index is 0.182. The summed E-state index contributed by atoms with van der Waals surface area (Å²) in [4.78, 5) is 0.430. The summed E-state index contributed by atoms with van der Waals surface area (Å²) in [5, 5.41) is 0. The van der Waals surface area contributed by atoms with Gasteiger partial charge < -0.3 is 9.47 Å².